The highest BCUT2D eigenvalue weighted by atomic mass is 16.2. The first-order chi connectivity index (χ1) is 11.6. The van der Waals surface area contributed by atoms with Crippen LogP contribution in [0.3, 0.4) is 0 Å². The van der Waals surface area contributed by atoms with E-state index in [0.29, 0.717) is 18.5 Å². The molecule has 2 aromatic rings. The first-order valence-electron chi connectivity index (χ1n) is 8.79. The van der Waals surface area contributed by atoms with Crippen LogP contribution in [0.4, 0.5) is 11.4 Å². The van der Waals surface area contributed by atoms with Crippen LogP contribution in [0.2, 0.25) is 0 Å². The van der Waals surface area contributed by atoms with Gasteiger partial charge in [0.05, 0.1) is 6.54 Å². The van der Waals surface area contributed by atoms with Crippen LogP contribution in [0.5, 0.6) is 0 Å². The van der Waals surface area contributed by atoms with Gasteiger partial charge in [-0.15, -0.1) is 0 Å². The number of anilines is 2. The molecule has 0 bridgehead atoms. The van der Waals surface area contributed by atoms with Crippen LogP contribution in [0.1, 0.15) is 44.2 Å². The Hall–Kier alpha value is -2.29. The van der Waals surface area contributed by atoms with Gasteiger partial charge in [-0.2, -0.15) is 0 Å². The molecule has 0 aromatic heterocycles. The molecule has 2 aromatic carbocycles. The van der Waals surface area contributed by atoms with E-state index in [1.54, 1.807) is 0 Å². The fraction of sp³-hybridized carbons (Fsp3) is 0.381. The molecule has 126 valence electrons. The summed E-state index contributed by atoms with van der Waals surface area (Å²) >= 11 is 0. The Kier molecular flexibility index (Phi) is 4.89. The van der Waals surface area contributed by atoms with Gasteiger partial charge >= 0.3 is 0 Å². The minimum absolute atomic E-state index is 0.0478. The number of rotatable bonds is 4. The molecule has 3 rings (SSSR count). The van der Waals surface area contributed by atoms with Crippen LogP contribution in [0, 0.1) is 0 Å². The van der Waals surface area contributed by atoms with Gasteiger partial charge in [0.1, 0.15) is 0 Å². The Morgan fingerprint density at radius 2 is 1.88 bits per heavy atom. The number of nitrogens with one attached hydrogen (secondary N) is 1. The monoisotopic (exact) mass is 322 g/mol. The average Bonchev–Trinajstić information content (AvgIpc) is 2.58. The predicted octanol–water partition coefficient (Wildman–Crippen LogP) is 4.59. The Morgan fingerprint density at radius 3 is 2.67 bits per heavy atom. The van der Waals surface area contributed by atoms with Crippen LogP contribution in [-0.2, 0) is 11.2 Å². The largest absolute Gasteiger partial charge is 0.359 e. The highest BCUT2D eigenvalue weighted by Crippen LogP contribution is 2.30. The molecular formula is C21H26N2O. The van der Waals surface area contributed by atoms with Crippen LogP contribution in [0.15, 0.2) is 48.5 Å². The third-order valence-corrected chi connectivity index (χ3v) is 4.84. The van der Waals surface area contributed by atoms with Gasteiger partial charge in [-0.25, -0.2) is 0 Å². The van der Waals surface area contributed by atoms with E-state index < -0.39 is 0 Å². The van der Waals surface area contributed by atoms with Gasteiger partial charge in [0.25, 0.3) is 0 Å². The molecule has 3 nitrogen and oxygen atoms in total. The average molecular weight is 322 g/mol. The van der Waals surface area contributed by atoms with Crippen molar-refractivity contribution in [3.05, 3.63) is 59.7 Å². The quantitative estimate of drug-likeness (QED) is 0.893. The van der Waals surface area contributed by atoms with Crippen molar-refractivity contribution in [3.8, 4) is 0 Å². The number of carbonyl (C=O) groups is 1. The van der Waals surface area contributed by atoms with E-state index in [-0.39, 0.29) is 5.91 Å². The fourth-order valence-corrected chi connectivity index (χ4v) is 3.46. The van der Waals surface area contributed by atoms with E-state index in [9.17, 15) is 4.79 Å². The lowest BCUT2D eigenvalue weighted by Crippen LogP contribution is -2.42. The summed E-state index contributed by atoms with van der Waals surface area (Å²) in [6.07, 6.45) is 2.18. The molecule has 0 spiro atoms. The summed E-state index contributed by atoms with van der Waals surface area (Å²) in [6, 6.07) is 16.9. The normalized spacial score (nSPS) is 16.8. The summed E-state index contributed by atoms with van der Waals surface area (Å²) < 4.78 is 0. The van der Waals surface area contributed by atoms with Crippen molar-refractivity contribution >= 4 is 17.3 Å². The second-order valence-electron chi connectivity index (χ2n) is 6.93. The second-order valence-corrected chi connectivity index (χ2v) is 6.93. The van der Waals surface area contributed by atoms with Gasteiger partial charge in [-0.05, 0) is 48.9 Å². The Balaban J connectivity index is 1.76. The van der Waals surface area contributed by atoms with Gasteiger partial charge in [-0.3, -0.25) is 4.79 Å². The van der Waals surface area contributed by atoms with Crippen molar-refractivity contribution in [2.75, 3.05) is 16.8 Å². The smallest absolute Gasteiger partial charge is 0.243 e. The molecule has 1 aliphatic rings. The van der Waals surface area contributed by atoms with Crippen molar-refractivity contribution in [2.24, 2.45) is 0 Å². The van der Waals surface area contributed by atoms with Crippen LogP contribution < -0.4 is 10.2 Å². The lowest BCUT2D eigenvalue weighted by atomic mass is 9.96. The van der Waals surface area contributed by atoms with E-state index in [1.807, 2.05) is 18.2 Å². The zero-order valence-corrected chi connectivity index (χ0v) is 14.8. The van der Waals surface area contributed by atoms with Gasteiger partial charge in [0.2, 0.25) is 5.91 Å². The lowest BCUT2D eigenvalue weighted by Gasteiger charge is -2.36. The maximum atomic E-state index is 12.7. The molecule has 3 heteroatoms. The second kappa shape index (κ2) is 7.08. The lowest BCUT2D eigenvalue weighted by molar-refractivity contribution is -0.115. The minimum atomic E-state index is 0.0478. The predicted molar refractivity (Wildman–Crippen MR) is 101 cm³/mol. The number of benzene rings is 2. The third-order valence-electron chi connectivity index (χ3n) is 4.84. The number of hydrogen-bond acceptors (Lipinski definition) is 2. The van der Waals surface area contributed by atoms with E-state index in [2.05, 4.69) is 61.3 Å². The number of hydrogen-bond donors (Lipinski definition) is 1. The minimum Gasteiger partial charge on any atom is -0.359 e. The van der Waals surface area contributed by atoms with E-state index >= 15 is 0 Å². The highest BCUT2D eigenvalue weighted by molar-refractivity contribution is 5.95. The number of carbonyl (C=O) groups excluding carboxylic acids is 1. The number of amides is 1. The van der Waals surface area contributed by atoms with Gasteiger partial charge in [-0.1, -0.05) is 50.2 Å². The molecule has 1 heterocycles. The molecule has 1 aliphatic heterocycles. The maximum absolute atomic E-state index is 12.7. The van der Waals surface area contributed by atoms with Crippen LogP contribution in [-0.4, -0.2) is 18.5 Å². The van der Waals surface area contributed by atoms with Gasteiger partial charge in [0, 0.05) is 17.4 Å². The van der Waals surface area contributed by atoms with Gasteiger partial charge < -0.3 is 10.2 Å². The van der Waals surface area contributed by atoms with E-state index in [0.717, 1.165) is 18.5 Å². The van der Waals surface area contributed by atoms with Crippen LogP contribution in [0.25, 0.3) is 0 Å². The van der Waals surface area contributed by atoms with E-state index in [4.69, 9.17) is 0 Å². The maximum Gasteiger partial charge on any atom is 0.243 e. The third kappa shape index (κ3) is 3.45. The molecule has 0 saturated heterocycles. The summed E-state index contributed by atoms with van der Waals surface area (Å²) in [5, 5.41) is 3.11. The Bertz CT molecular complexity index is 723. The van der Waals surface area contributed by atoms with Crippen LogP contribution >= 0.6 is 0 Å². The Morgan fingerprint density at radius 1 is 1.17 bits per heavy atom. The topological polar surface area (TPSA) is 32.3 Å². The zero-order valence-electron chi connectivity index (χ0n) is 14.8. The van der Waals surface area contributed by atoms with Crippen molar-refractivity contribution in [3.63, 3.8) is 0 Å². The molecule has 0 unspecified atom stereocenters. The highest BCUT2D eigenvalue weighted by Gasteiger charge is 2.24. The molecule has 24 heavy (non-hydrogen) atoms. The first-order valence-corrected chi connectivity index (χ1v) is 8.79. The zero-order chi connectivity index (χ0) is 17.1. The molecular weight excluding hydrogens is 296 g/mol. The molecule has 1 amide bonds. The fourth-order valence-electron chi connectivity index (χ4n) is 3.46. The number of fused-ring (bicyclic) bond motifs is 1. The van der Waals surface area contributed by atoms with Crippen molar-refractivity contribution < 1.29 is 4.79 Å². The summed E-state index contributed by atoms with van der Waals surface area (Å²) in [6.45, 7) is 6.89. The first kappa shape index (κ1) is 16.6. The molecule has 1 N–H and O–H groups in total. The summed E-state index contributed by atoms with van der Waals surface area (Å²) in [5.41, 5.74) is 4.64. The Labute approximate surface area is 144 Å². The number of nitrogens with zero attached hydrogens (tertiary/aromatic N) is 1. The van der Waals surface area contributed by atoms with Crippen molar-refractivity contribution in [2.45, 2.75) is 45.6 Å². The molecule has 1 atom stereocenters. The number of aryl methyl sites for hydroxylation is 1. The SMILES string of the molecule is CC(C)c1ccccc1NC(=O)CN1c2ccccc2CC[C@H]1C. The van der Waals surface area contributed by atoms with Crippen molar-refractivity contribution in [1.29, 1.82) is 0 Å². The molecule has 0 saturated carbocycles. The standard InChI is InChI=1S/C21H26N2O/c1-15(2)18-9-5-6-10-19(18)22-21(24)14-23-16(3)12-13-17-8-4-7-11-20(17)23/h4-11,15-16H,12-14H2,1-3H3,(H,22,24)/t16-/m1/s1. The molecule has 0 radical (unpaired) electrons. The summed E-state index contributed by atoms with van der Waals surface area (Å²) in [5.74, 6) is 0.433. The van der Waals surface area contributed by atoms with Gasteiger partial charge in [0.15, 0.2) is 0 Å². The summed E-state index contributed by atoms with van der Waals surface area (Å²) in [4.78, 5) is 14.9. The summed E-state index contributed by atoms with van der Waals surface area (Å²) in [7, 11) is 0. The molecule has 0 fully saturated rings. The van der Waals surface area contributed by atoms with E-state index in [1.165, 1.54) is 16.8 Å². The molecule has 0 aliphatic carbocycles. The van der Waals surface area contributed by atoms with Crippen molar-refractivity contribution in [1.82, 2.24) is 0 Å². The number of para-hydroxylation sites is 2.